The summed E-state index contributed by atoms with van der Waals surface area (Å²) in [6.45, 7) is 1.50. The molecule has 0 fully saturated rings. The van der Waals surface area contributed by atoms with Crippen LogP contribution in [0.4, 0.5) is 10.1 Å². The third-order valence-corrected chi connectivity index (χ3v) is 2.86. The first kappa shape index (κ1) is 9.46. The zero-order chi connectivity index (χ0) is 10.1. The van der Waals surface area contributed by atoms with Crippen LogP contribution in [0.5, 0.6) is 0 Å². The molecule has 2 N–H and O–H groups in total. The minimum atomic E-state index is -0.0923. The molecule has 0 amide bonds. The third-order valence-electron chi connectivity index (χ3n) is 2.86. The summed E-state index contributed by atoms with van der Waals surface area (Å²) in [5.74, 6) is 0.173. The van der Waals surface area contributed by atoms with Crippen molar-refractivity contribution in [2.24, 2.45) is 5.73 Å². The molecule has 14 heavy (non-hydrogen) atoms. The van der Waals surface area contributed by atoms with Gasteiger partial charge in [-0.25, -0.2) is 4.39 Å². The van der Waals surface area contributed by atoms with Crippen molar-refractivity contribution in [3.63, 3.8) is 0 Å². The lowest BCUT2D eigenvalue weighted by molar-refractivity contribution is 0.578. The van der Waals surface area contributed by atoms with Gasteiger partial charge in [0.1, 0.15) is 5.82 Å². The van der Waals surface area contributed by atoms with Crippen LogP contribution in [0, 0.1) is 5.82 Å². The van der Waals surface area contributed by atoms with E-state index in [4.69, 9.17) is 5.73 Å². The van der Waals surface area contributed by atoms with Crippen molar-refractivity contribution in [1.29, 1.82) is 0 Å². The smallest absolute Gasteiger partial charge is 0.128 e. The summed E-state index contributed by atoms with van der Waals surface area (Å²) < 4.78 is 13.6. The molecule has 2 nitrogen and oxygen atoms in total. The first-order valence-electron chi connectivity index (χ1n) is 4.93. The Morgan fingerprint density at radius 3 is 3.07 bits per heavy atom. The Balaban J connectivity index is 2.40. The summed E-state index contributed by atoms with van der Waals surface area (Å²) >= 11 is 0. The molecule has 1 heterocycles. The number of benzene rings is 1. The van der Waals surface area contributed by atoms with Crippen LogP contribution in [0.3, 0.4) is 0 Å². The van der Waals surface area contributed by atoms with E-state index in [1.807, 2.05) is 13.1 Å². The molecule has 1 aliphatic heterocycles. The largest absolute Gasteiger partial charge is 0.374 e. The van der Waals surface area contributed by atoms with Crippen molar-refractivity contribution in [3.8, 4) is 0 Å². The van der Waals surface area contributed by atoms with Gasteiger partial charge in [0.15, 0.2) is 0 Å². The maximum absolute atomic E-state index is 13.6. The van der Waals surface area contributed by atoms with Crippen molar-refractivity contribution in [2.45, 2.75) is 12.3 Å². The number of fused-ring (bicyclic) bond motifs is 1. The molecule has 0 saturated heterocycles. The predicted molar refractivity (Wildman–Crippen MR) is 56.1 cm³/mol. The van der Waals surface area contributed by atoms with Crippen LogP contribution in [0.25, 0.3) is 0 Å². The van der Waals surface area contributed by atoms with Crippen LogP contribution >= 0.6 is 0 Å². The first-order chi connectivity index (χ1) is 6.74. The van der Waals surface area contributed by atoms with Gasteiger partial charge < -0.3 is 10.6 Å². The lowest BCUT2D eigenvalue weighted by Gasteiger charge is -2.11. The Morgan fingerprint density at radius 1 is 1.57 bits per heavy atom. The van der Waals surface area contributed by atoms with Gasteiger partial charge in [-0.15, -0.1) is 0 Å². The Hall–Kier alpha value is -1.09. The average Bonchev–Trinajstić information content (AvgIpc) is 2.46. The molecular weight excluding hydrogens is 179 g/mol. The van der Waals surface area contributed by atoms with Crippen LogP contribution in [0.2, 0.25) is 0 Å². The summed E-state index contributed by atoms with van der Waals surface area (Å²) in [6, 6.07) is 5.26. The van der Waals surface area contributed by atoms with E-state index < -0.39 is 0 Å². The maximum atomic E-state index is 13.6. The zero-order valence-electron chi connectivity index (χ0n) is 8.33. The van der Waals surface area contributed by atoms with Gasteiger partial charge in [0.2, 0.25) is 0 Å². The molecule has 2 rings (SSSR count). The fourth-order valence-corrected chi connectivity index (χ4v) is 2.22. The highest BCUT2D eigenvalue weighted by Gasteiger charge is 2.28. The maximum Gasteiger partial charge on any atom is 0.128 e. The zero-order valence-corrected chi connectivity index (χ0v) is 8.33. The second-order valence-electron chi connectivity index (χ2n) is 3.83. The van der Waals surface area contributed by atoms with Crippen molar-refractivity contribution >= 4 is 5.69 Å². The molecule has 76 valence electrons. The molecule has 1 aromatic rings. The second-order valence-corrected chi connectivity index (χ2v) is 3.83. The molecule has 3 heteroatoms. The number of rotatable bonds is 2. The van der Waals surface area contributed by atoms with E-state index in [0.29, 0.717) is 6.54 Å². The molecule has 0 aliphatic carbocycles. The highest BCUT2D eigenvalue weighted by molar-refractivity contribution is 5.60. The van der Waals surface area contributed by atoms with E-state index in [1.54, 1.807) is 6.07 Å². The van der Waals surface area contributed by atoms with Crippen LogP contribution in [0.1, 0.15) is 17.9 Å². The number of anilines is 1. The third kappa shape index (κ3) is 1.38. The van der Waals surface area contributed by atoms with Gasteiger partial charge in [-0.3, -0.25) is 0 Å². The molecule has 0 spiro atoms. The van der Waals surface area contributed by atoms with E-state index in [9.17, 15) is 4.39 Å². The van der Waals surface area contributed by atoms with Crippen molar-refractivity contribution in [2.75, 3.05) is 25.0 Å². The summed E-state index contributed by atoms with van der Waals surface area (Å²) in [5, 5.41) is 0. The molecule has 0 aromatic heterocycles. The SMILES string of the molecule is CN1CC(CCN)c2c(F)cccc21. The molecular formula is C11H15FN2. The van der Waals surface area contributed by atoms with Crippen LogP contribution < -0.4 is 10.6 Å². The van der Waals surface area contributed by atoms with Gasteiger partial charge in [-0.2, -0.15) is 0 Å². The first-order valence-corrected chi connectivity index (χ1v) is 4.93. The minimum absolute atomic E-state index is 0.0923. The van der Waals surface area contributed by atoms with E-state index in [2.05, 4.69) is 4.90 Å². The molecule has 1 atom stereocenters. The number of hydrogen-bond acceptors (Lipinski definition) is 2. The van der Waals surface area contributed by atoms with Gasteiger partial charge in [0, 0.05) is 30.8 Å². The quantitative estimate of drug-likeness (QED) is 0.776. The molecule has 0 radical (unpaired) electrons. The molecule has 0 bridgehead atoms. The summed E-state index contributed by atoms with van der Waals surface area (Å²) in [7, 11) is 1.99. The lowest BCUT2D eigenvalue weighted by Crippen LogP contribution is -2.17. The summed E-state index contributed by atoms with van der Waals surface area (Å²) in [5.41, 5.74) is 7.38. The van der Waals surface area contributed by atoms with Crippen molar-refractivity contribution in [3.05, 3.63) is 29.6 Å². The highest BCUT2D eigenvalue weighted by Crippen LogP contribution is 2.38. The molecule has 0 saturated carbocycles. The van der Waals surface area contributed by atoms with E-state index >= 15 is 0 Å². The van der Waals surface area contributed by atoms with Gasteiger partial charge in [-0.05, 0) is 25.1 Å². The fourth-order valence-electron chi connectivity index (χ4n) is 2.22. The number of halogens is 1. The average molecular weight is 194 g/mol. The van der Waals surface area contributed by atoms with Crippen LogP contribution in [-0.2, 0) is 0 Å². The van der Waals surface area contributed by atoms with E-state index in [-0.39, 0.29) is 11.7 Å². The Kier molecular flexibility index (Phi) is 2.42. The number of hydrogen-bond donors (Lipinski definition) is 1. The molecule has 1 aliphatic rings. The monoisotopic (exact) mass is 194 g/mol. The van der Waals surface area contributed by atoms with Crippen molar-refractivity contribution in [1.82, 2.24) is 0 Å². The van der Waals surface area contributed by atoms with E-state index in [0.717, 1.165) is 24.2 Å². The Morgan fingerprint density at radius 2 is 2.36 bits per heavy atom. The predicted octanol–water partition coefficient (Wildman–Crippen LogP) is 1.71. The van der Waals surface area contributed by atoms with Crippen molar-refractivity contribution < 1.29 is 4.39 Å². The summed E-state index contributed by atoms with van der Waals surface area (Å²) in [4.78, 5) is 2.10. The minimum Gasteiger partial charge on any atom is -0.374 e. The topological polar surface area (TPSA) is 29.3 Å². The standard InChI is InChI=1S/C11H15FN2/c1-14-7-8(5-6-13)11-9(12)3-2-4-10(11)14/h2-4,8H,5-7,13H2,1H3. The Labute approximate surface area is 83.5 Å². The number of nitrogens with two attached hydrogens (primary N) is 1. The Bertz CT molecular complexity index is 338. The van der Waals surface area contributed by atoms with Crippen LogP contribution in [-0.4, -0.2) is 20.1 Å². The van der Waals surface area contributed by atoms with Gasteiger partial charge >= 0.3 is 0 Å². The summed E-state index contributed by atoms with van der Waals surface area (Å²) in [6.07, 6.45) is 0.859. The van der Waals surface area contributed by atoms with E-state index in [1.165, 1.54) is 6.07 Å². The number of nitrogens with zero attached hydrogens (tertiary/aromatic N) is 1. The second kappa shape index (κ2) is 3.58. The molecule has 1 unspecified atom stereocenters. The normalized spacial score (nSPS) is 19.9. The fraction of sp³-hybridized carbons (Fsp3) is 0.455. The number of likely N-dealkylation sites (N-methyl/N-ethyl adjacent to an activating group) is 1. The van der Waals surface area contributed by atoms with Gasteiger partial charge in [0.05, 0.1) is 0 Å². The van der Waals surface area contributed by atoms with Gasteiger partial charge in [-0.1, -0.05) is 6.07 Å². The van der Waals surface area contributed by atoms with Crippen LogP contribution in [0.15, 0.2) is 18.2 Å². The highest BCUT2D eigenvalue weighted by atomic mass is 19.1. The molecule has 1 aromatic carbocycles. The van der Waals surface area contributed by atoms with Gasteiger partial charge in [0.25, 0.3) is 0 Å². The lowest BCUT2D eigenvalue weighted by atomic mass is 9.97.